The summed E-state index contributed by atoms with van der Waals surface area (Å²) in [5.41, 5.74) is 0. The van der Waals surface area contributed by atoms with Crippen molar-refractivity contribution in [3.05, 3.63) is 0 Å². The molecule has 0 radical (unpaired) electrons. The number of ketones is 1. The summed E-state index contributed by atoms with van der Waals surface area (Å²) in [4.78, 5) is 21.7. The van der Waals surface area contributed by atoms with E-state index in [2.05, 4.69) is 6.92 Å². The lowest BCUT2D eigenvalue weighted by atomic mass is 9.79. The van der Waals surface area contributed by atoms with E-state index in [4.69, 9.17) is 5.11 Å². The summed E-state index contributed by atoms with van der Waals surface area (Å²) >= 11 is 0. The summed E-state index contributed by atoms with van der Waals surface area (Å²) in [5, 5.41) is 8.48. The van der Waals surface area contributed by atoms with Gasteiger partial charge in [-0.3, -0.25) is 9.59 Å². The smallest absolute Gasteiger partial charge is 0.303 e. The van der Waals surface area contributed by atoms with E-state index in [1.54, 1.807) is 0 Å². The number of carboxylic acids is 1. The van der Waals surface area contributed by atoms with Crippen molar-refractivity contribution in [1.82, 2.24) is 0 Å². The molecule has 13 heavy (non-hydrogen) atoms. The molecule has 0 amide bonds. The molecule has 2 atom stereocenters. The largest absolute Gasteiger partial charge is 0.481 e. The first-order valence-corrected chi connectivity index (χ1v) is 4.84. The molecule has 0 spiro atoms. The van der Waals surface area contributed by atoms with Gasteiger partial charge in [0.1, 0.15) is 5.78 Å². The summed E-state index contributed by atoms with van der Waals surface area (Å²) in [5.74, 6) is 0.0571. The highest BCUT2D eigenvalue weighted by Gasteiger charge is 2.26. The SMILES string of the molecule is C[C@H]1CCC(=O)[C@H](CCC(=O)O)C1. The zero-order valence-electron chi connectivity index (χ0n) is 7.95. The number of Topliss-reactive ketones (excluding diaryl/α,β-unsaturated/α-hetero) is 1. The van der Waals surface area contributed by atoms with Crippen LogP contribution in [-0.4, -0.2) is 16.9 Å². The predicted octanol–water partition coefficient (Wildman–Crippen LogP) is 1.86. The Morgan fingerprint density at radius 1 is 1.62 bits per heavy atom. The molecule has 0 aromatic carbocycles. The fourth-order valence-corrected chi connectivity index (χ4v) is 1.90. The van der Waals surface area contributed by atoms with Gasteiger partial charge in [0.2, 0.25) is 0 Å². The quantitative estimate of drug-likeness (QED) is 0.728. The van der Waals surface area contributed by atoms with Gasteiger partial charge in [-0.15, -0.1) is 0 Å². The first-order chi connectivity index (χ1) is 6.09. The number of hydrogen-bond acceptors (Lipinski definition) is 2. The van der Waals surface area contributed by atoms with Crippen molar-refractivity contribution in [1.29, 1.82) is 0 Å². The van der Waals surface area contributed by atoms with Crippen LogP contribution in [0.5, 0.6) is 0 Å². The highest BCUT2D eigenvalue weighted by molar-refractivity contribution is 5.82. The number of hydrogen-bond donors (Lipinski definition) is 1. The standard InChI is InChI=1S/C10H16O3/c1-7-2-4-9(11)8(6-7)3-5-10(12)13/h7-8H,2-6H2,1H3,(H,12,13)/t7-,8+/m0/s1. The second kappa shape index (κ2) is 4.40. The fraction of sp³-hybridized carbons (Fsp3) is 0.800. The van der Waals surface area contributed by atoms with Gasteiger partial charge in [0.15, 0.2) is 0 Å². The topological polar surface area (TPSA) is 54.4 Å². The van der Waals surface area contributed by atoms with E-state index >= 15 is 0 Å². The minimum absolute atomic E-state index is 0.0137. The van der Waals surface area contributed by atoms with E-state index in [9.17, 15) is 9.59 Å². The zero-order valence-corrected chi connectivity index (χ0v) is 7.95. The number of carbonyl (C=O) groups is 2. The maximum atomic E-state index is 11.4. The van der Waals surface area contributed by atoms with Gasteiger partial charge >= 0.3 is 5.97 Å². The first kappa shape index (κ1) is 10.2. The van der Waals surface area contributed by atoms with Crippen LogP contribution in [0.25, 0.3) is 0 Å². The Hall–Kier alpha value is -0.860. The first-order valence-electron chi connectivity index (χ1n) is 4.84. The Labute approximate surface area is 78.1 Å². The van der Waals surface area contributed by atoms with Crippen molar-refractivity contribution in [2.45, 2.75) is 39.0 Å². The zero-order chi connectivity index (χ0) is 9.84. The van der Waals surface area contributed by atoms with Crippen LogP contribution in [0.4, 0.5) is 0 Å². The third kappa shape index (κ3) is 3.17. The Morgan fingerprint density at radius 2 is 2.31 bits per heavy atom. The van der Waals surface area contributed by atoms with Crippen LogP contribution in [0.2, 0.25) is 0 Å². The van der Waals surface area contributed by atoms with Crippen LogP contribution in [0.3, 0.4) is 0 Å². The molecular weight excluding hydrogens is 168 g/mol. The van der Waals surface area contributed by atoms with Gasteiger partial charge in [0, 0.05) is 18.8 Å². The second-order valence-electron chi connectivity index (χ2n) is 3.98. The van der Waals surface area contributed by atoms with Gasteiger partial charge in [-0.1, -0.05) is 6.92 Å². The van der Waals surface area contributed by atoms with Crippen LogP contribution in [-0.2, 0) is 9.59 Å². The summed E-state index contributed by atoms with van der Waals surface area (Å²) < 4.78 is 0. The molecule has 1 aliphatic carbocycles. The molecule has 0 aromatic rings. The average molecular weight is 184 g/mol. The van der Waals surface area contributed by atoms with Crippen LogP contribution in [0, 0.1) is 11.8 Å². The van der Waals surface area contributed by atoms with Gasteiger partial charge in [-0.05, 0) is 25.2 Å². The molecule has 0 saturated heterocycles. The molecule has 0 bridgehead atoms. The molecule has 1 N–H and O–H groups in total. The van der Waals surface area contributed by atoms with Gasteiger partial charge in [-0.25, -0.2) is 0 Å². The second-order valence-corrected chi connectivity index (χ2v) is 3.98. The molecule has 0 aromatic heterocycles. The van der Waals surface area contributed by atoms with Crippen molar-refractivity contribution < 1.29 is 14.7 Å². The van der Waals surface area contributed by atoms with Crippen molar-refractivity contribution >= 4 is 11.8 Å². The predicted molar refractivity (Wildman–Crippen MR) is 48.4 cm³/mol. The molecular formula is C10H16O3. The number of aliphatic carboxylic acids is 1. The Balaban J connectivity index is 2.37. The molecule has 1 saturated carbocycles. The van der Waals surface area contributed by atoms with Gasteiger partial charge in [0.05, 0.1) is 0 Å². The van der Waals surface area contributed by atoms with Crippen molar-refractivity contribution in [2.75, 3.05) is 0 Å². The molecule has 0 aliphatic heterocycles. The molecule has 1 fully saturated rings. The Kier molecular flexibility index (Phi) is 3.46. The maximum Gasteiger partial charge on any atom is 0.303 e. The van der Waals surface area contributed by atoms with Crippen LogP contribution in [0.1, 0.15) is 39.0 Å². The summed E-state index contributed by atoms with van der Waals surface area (Å²) in [6.07, 6.45) is 3.15. The monoisotopic (exact) mass is 184 g/mol. The third-order valence-corrected chi connectivity index (χ3v) is 2.73. The lowest BCUT2D eigenvalue weighted by Crippen LogP contribution is -2.24. The highest BCUT2D eigenvalue weighted by atomic mass is 16.4. The van der Waals surface area contributed by atoms with Gasteiger partial charge < -0.3 is 5.11 Å². The number of rotatable bonds is 3. The van der Waals surface area contributed by atoms with Gasteiger partial charge in [0.25, 0.3) is 0 Å². The van der Waals surface area contributed by atoms with E-state index in [1.165, 1.54) is 0 Å². The van der Waals surface area contributed by atoms with E-state index in [0.717, 1.165) is 12.8 Å². The molecule has 1 rings (SSSR count). The Bertz CT molecular complexity index is 210. The molecule has 3 nitrogen and oxygen atoms in total. The molecule has 0 heterocycles. The molecule has 0 unspecified atom stereocenters. The average Bonchev–Trinajstić information content (AvgIpc) is 2.06. The minimum Gasteiger partial charge on any atom is -0.481 e. The van der Waals surface area contributed by atoms with Crippen molar-refractivity contribution in [3.8, 4) is 0 Å². The minimum atomic E-state index is -0.800. The van der Waals surface area contributed by atoms with E-state index < -0.39 is 5.97 Å². The lowest BCUT2D eigenvalue weighted by molar-refractivity contribution is -0.137. The third-order valence-electron chi connectivity index (χ3n) is 2.73. The highest BCUT2D eigenvalue weighted by Crippen LogP contribution is 2.28. The van der Waals surface area contributed by atoms with E-state index in [1.807, 2.05) is 0 Å². The maximum absolute atomic E-state index is 11.4. The number of carbonyl (C=O) groups excluding carboxylic acids is 1. The Morgan fingerprint density at radius 3 is 2.92 bits per heavy atom. The molecule has 3 heteroatoms. The van der Waals surface area contributed by atoms with Crippen LogP contribution >= 0.6 is 0 Å². The molecule has 1 aliphatic rings. The fourth-order valence-electron chi connectivity index (χ4n) is 1.90. The summed E-state index contributed by atoms with van der Waals surface area (Å²) in [6, 6.07) is 0. The van der Waals surface area contributed by atoms with E-state index in [0.29, 0.717) is 18.8 Å². The van der Waals surface area contributed by atoms with Crippen LogP contribution in [0.15, 0.2) is 0 Å². The van der Waals surface area contributed by atoms with E-state index in [-0.39, 0.29) is 18.1 Å². The van der Waals surface area contributed by atoms with Crippen molar-refractivity contribution in [3.63, 3.8) is 0 Å². The summed E-state index contributed by atoms with van der Waals surface area (Å²) in [7, 11) is 0. The van der Waals surface area contributed by atoms with Crippen molar-refractivity contribution in [2.24, 2.45) is 11.8 Å². The number of carboxylic acid groups (broad SMARTS) is 1. The molecule has 74 valence electrons. The van der Waals surface area contributed by atoms with Crippen LogP contribution < -0.4 is 0 Å². The van der Waals surface area contributed by atoms with Gasteiger partial charge in [-0.2, -0.15) is 0 Å². The summed E-state index contributed by atoms with van der Waals surface area (Å²) in [6.45, 7) is 2.13. The lowest BCUT2D eigenvalue weighted by Gasteiger charge is -2.24. The normalized spacial score (nSPS) is 28.8.